The van der Waals surface area contributed by atoms with E-state index in [4.69, 9.17) is 4.74 Å². The number of nitrogens with one attached hydrogen (secondary N) is 1. The summed E-state index contributed by atoms with van der Waals surface area (Å²) in [5.41, 5.74) is 2.45. The van der Waals surface area contributed by atoms with Crippen LogP contribution in [0.4, 0.5) is 10.1 Å². The summed E-state index contributed by atoms with van der Waals surface area (Å²) in [6.45, 7) is 0. The van der Waals surface area contributed by atoms with Crippen molar-refractivity contribution in [2.24, 2.45) is 10.2 Å². The molecule has 0 saturated carbocycles. The van der Waals surface area contributed by atoms with Crippen molar-refractivity contribution in [3.8, 4) is 5.75 Å². The van der Waals surface area contributed by atoms with E-state index >= 15 is 0 Å². The van der Waals surface area contributed by atoms with Gasteiger partial charge in [-0.1, -0.05) is 24.3 Å². The lowest BCUT2D eigenvalue weighted by atomic mass is 9.97. The van der Waals surface area contributed by atoms with Gasteiger partial charge in [0.05, 0.1) is 24.1 Å². The molecule has 1 aliphatic heterocycles. The van der Waals surface area contributed by atoms with Gasteiger partial charge in [0, 0.05) is 12.1 Å². The minimum Gasteiger partial charge on any atom is -0.497 e. The van der Waals surface area contributed by atoms with Crippen LogP contribution >= 0.6 is 0 Å². The first-order valence-corrected chi connectivity index (χ1v) is 10.9. The highest BCUT2D eigenvalue weighted by Crippen LogP contribution is 2.39. The van der Waals surface area contributed by atoms with Gasteiger partial charge in [-0.15, -0.1) is 0 Å². The van der Waals surface area contributed by atoms with Gasteiger partial charge in [0.15, 0.2) is 0 Å². The lowest BCUT2D eigenvalue weighted by molar-refractivity contribution is 0.414. The topological polar surface area (TPSA) is 80.1 Å². The fourth-order valence-corrected chi connectivity index (χ4v) is 4.36. The van der Waals surface area contributed by atoms with Gasteiger partial charge >= 0.3 is 0 Å². The molecule has 3 aromatic rings. The predicted octanol–water partition coefficient (Wildman–Crippen LogP) is 5.27. The van der Waals surface area contributed by atoms with E-state index in [9.17, 15) is 12.8 Å². The summed E-state index contributed by atoms with van der Waals surface area (Å²) in [6.07, 6.45) is 0.743. The molecule has 6 nitrogen and oxygen atoms in total. The minimum atomic E-state index is -3.78. The van der Waals surface area contributed by atoms with Gasteiger partial charge in [0.2, 0.25) is 0 Å². The number of nitrogens with zero attached hydrogens (tertiary/aromatic N) is 2. The number of rotatable bonds is 6. The molecule has 3 aromatic carbocycles. The molecular formula is C22H20FN3O3S. The summed E-state index contributed by atoms with van der Waals surface area (Å²) in [5.74, 6) is 0.306. The van der Waals surface area contributed by atoms with E-state index in [0.717, 1.165) is 35.4 Å². The fraction of sp³-hybridized carbons (Fsp3) is 0.182. The molecule has 1 heterocycles. The highest BCUT2D eigenvalue weighted by molar-refractivity contribution is 7.92. The second-order valence-electron chi connectivity index (χ2n) is 6.95. The Morgan fingerprint density at radius 2 is 1.40 bits per heavy atom. The number of azo groups is 1. The second kappa shape index (κ2) is 8.23. The van der Waals surface area contributed by atoms with Crippen LogP contribution in [0.2, 0.25) is 0 Å². The zero-order valence-electron chi connectivity index (χ0n) is 16.2. The van der Waals surface area contributed by atoms with E-state index in [2.05, 4.69) is 15.0 Å². The van der Waals surface area contributed by atoms with Crippen LogP contribution in [0.1, 0.15) is 29.6 Å². The van der Waals surface area contributed by atoms with Crippen molar-refractivity contribution < 1.29 is 17.5 Å². The summed E-state index contributed by atoms with van der Waals surface area (Å²) in [4.78, 5) is -0.0000900. The average Bonchev–Trinajstić information content (AvgIpc) is 3.25. The van der Waals surface area contributed by atoms with E-state index in [1.54, 1.807) is 19.2 Å². The van der Waals surface area contributed by atoms with Crippen LogP contribution in [-0.4, -0.2) is 15.5 Å². The maximum atomic E-state index is 13.0. The van der Waals surface area contributed by atoms with Crippen molar-refractivity contribution in [3.05, 3.63) is 89.7 Å². The molecule has 4 rings (SSSR count). The van der Waals surface area contributed by atoms with Gasteiger partial charge in [-0.3, -0.25) is 4.72 Å². The maximum Gasteiger partial charge on any atom is 0.261 e. The normalized spacial score (nSPS) is 18.3. The number of halogens is 1. The Morgan fingerprint density at radius 3 is 1.93 bits per heavy atom. The van der Waals surface area contributed by atoms with Gasteiger partial charge in [-0.2, -0.15) is 10.2 Å². The Hall–Kier alpha value is -3.26. The molecule has 0 spiro atoms. The van der Waals surface area contributed by atoms with E-state index in [1.807, 2.05) is 36.4 Å². The fourth-order valence-electron chi connectivity index (χ4n) is 3.30. The Kier molecular flexibility index (Phi) is 5.50. The van der Waals surface area contributed by atoms with Crippen LogP contribution in [0.3, 0.4) is 0 Å². The molecule has 0 aromatic heterocycles. The lowest BCUT2D eigenvalue weighted by Crippen LogP contribution is -2.13. The maximum absolute atomic E-state index is 13.0. The average molecular weight is 425 g/mol. The van der Waals surface area contributed by atoms with Gasteiger partial charge in [-0.05, 0) is 59.7 Å². The molecule has 0 saturated heterocycles. The van der Waals surface area contributed by atoms with E-state index < -0.39 is 15.8 Å². The van der Waals surface area contributed by atoms with E-state index in [-0.39, 0.29) is 17.0 Å². The highest BCUT2D eigenvalue weighted by atomic mass is 32.2. The van der Waals surface area contributed by atoms with Crippen LogP contribution < -0.4 is 9.46 Å². The monoisotopic (exact) mass is 425 g/mol. The number of ether oxygens (including phenoxy) is 1. The van der Waals surface area contributed by atoms with Crippen molar-refractivity contribution in [3.63, 3.8) is 0 Å². The summed E-state index contributed by atoms with van der Waals surface area (Å²) in [6, 6.07) is 19.4. The van der Waals surface area contributed by atoms with Crippen LogP contribution in [0.5, 0.6) is 5.75 Å². The first kappa shape index (κ1) is 20.0. The smallest absolute Gasteiger partial charge is 0.261 e. The van der Waals surface area contributed by atoms with Gasteiger partial charge in [0.1, 0.15) is 11.6 Å². The molecule has 0 amide bonds. The third kappa shape index (κ3) is 4.33. The zero-order valence-corrected chi connectivity index (χ0v) is 17.0. The highest BCUT2D eigenvalue weighted by Gasteiger charge is 2.25. The molecule has 0 fully saturated rings. The van der Waals surface area contributed by atoms with Crippen LogP contribution in [0.25, 0.3) is 0 Å². The Labute approximate surface area is 174 Å². The Balaban J connectivity index is 1.42. The number of anilines is 1. The van der Waals surface area contributed by atoms with Crippen molar-refractivity contribution in [2.75, 3.05) is 11.8 Å². The summed E-state index contributed by atoms with van der Waals surface area (Å²) < 4.78 is 45.6. The minimum absolute atomic E-state index is 0.0000900. The van der Waals surface area contributed by atoms with E-state index in [1.165, 1.54) is 12.1 Å². The number of hydrogen-bond acceptors (Lipinski definition) is 5. The molecule has 1 N–H and O–H groups in total. The predicted molar refractivity (Wildman–Crippen MR) is 112 cm³/mol. The number of methoxy groups -OCH3 is 1. The molecule has 1 aliphatic rings. The van der Waals surface area contributed by atoms with E-state index in [0.29, 0.717) is 5.69 Å². The molecule has 8 heteroatoms. The molecule has 0 radical (unpaired) electrons. The number of sulfonamides is 1. The SMILES string of the molecule is COc1ccc(C2CC(c3ccc(NS(=O)(=O)c4ccc(F)cc4)cc3)N=N2)cc1. The molecule has 0 aliphatic carbocycles. The second-order valence-corrected chi connectivity index (χ2v) is 8.64. The molecule has 154 valence electrons. The van der Waals surface area contributed by atoms with Crippen LogP contribution in [-0.2, 0) is 10.0 Å². The summed E-state index contributed by atoms with van der Waals surface area (Å²) in [5, 5.41) is 8.78. The van der Waals surface area contributed by atoms with Gasteiger partial charge < -0.3 is 4.74 Å². The van der Waals surface area contributed by atoms with Crippen molar-refractivity contribution in [1.29, 1.82) is 0 Å². The third-order valence-corrected chi connectivity index (χ3v) is 6.36. The van der Waals surface area contributed by atoms with Crippen LogP contribution in [0.15, 0.2) is 87.9 Å². The largest absolute Gasteiger partial charge is 0.497 e. The standard InChI is InChI=1S/C22H20FN3O3S/c1-29-19-10-4-16(5-11-19)22-14-21(24-25-22)15-2-8-18(9-3-15)26-30(27,28)20-12-6-17(23)7-13-20/h2-13,21-22,26H,14H2,1H3. The molecule has 0 bridgehead atoms. The van der Waals surface area contributed by atoms with Gasteiger partial charge in [-0.25, -0.2) is 12.8 Å². The first-order chi connectivity index (χ1) is 14.4. The summed E-state index contributed by atoms with van der Waals surface area (Å²) in [7, 11) is -2.15. The Morgan fingerprint density at radius 1 is 0.867 bits per heavy atom. The van der Waals surface area contributed by atoms with Crippen molar-refractivity contribution in [1.82, 2.24) is 0 Å². The van der Waals surface area contributed by atoms with Crippen LogP contribution in [0, 0.1) is 5.82 Å². The number of benzene rings is 3. The summed E-state index contributed by atoms with van der Waals surface area (Å²) >= 11 is 0. The quantitative estimate of drug-likeness (QED) is 0.584. The molecule has 30 heavy (non-hydrogen) atoms. The molecule has 2 atom stereocenters. The van der Waals surface area contributed by atoms with Crippen molar-refractivity contribution in [2.45, 2.75) is 23.4 Å². The molecule has 2 unspecified atom stereocenters. The zero-order chi connectivity index (χ0) is 21.1. The Bertz CT molecular complexity index is 1150. The number of hydrogen-bond donors (Lipinski definition) is 1. The molecular weight excluding hydrogens is 405 g/mol. The van der Waals surface area contributed by atoms with Gasteiger partial charge in [0.25, 0.3) is 10.0 Å². The van der Waals surface area contributed by atoms with Crippen molar-refractivity contribution >= 4 is 15.7 Å². The third-order valence-electron chi connectivity index (χ3n) is 4.96. The lowest BCUT2D eigenvalue weighted by Gasteiger charge is -2.12. The first-order valence-electron chi connectivity index (χ1n) is 9.37.